The molecule has 0 saturated carbocycles. The molecular formula is C12H12N2O4. The first-order valence-corrected chi connectivity index (χ1v) is 5.68. The van der Waals surface area contributed by atoms with Crippen molar-refractivity contribution in [1.29, 1.82) is 5.26 Å². The molecule has 2 aliphatic rings. The minimum Gasteiger partial charge on any atom is -0.449 e. The van der Waals surface area contributed by atoms with Crippen molar-refractivity contribution in [2.75, 3.05) is 13.2 Å². The van der Waals surface area contributed by atoms with Gasteiger partial charge in [0, 0.05) is 0 Å². The molecule has 0 bridgehead atoms. The third kappa shape index (κ3) is 2.12. The number of likely N-dealkylation sites (tertiary alicyclic amines) is 1. The topological polar surface area (TPSA) is 87.5 Å². The summed E-state index contributed by atoms with van der Waals surface area (Å²) < 4.78 is 4.54. The number of imide groups is 1. The summed E-state index contributed by atoms with van der Waals surface area (Å²) in [6.45, 7) is -0.768. The summed E-state index contributed by atoms with van der Waals surface area (Å²) >= 11 is 0. The van der Waals surface area contributed by atoms with Gasteiger partial charge in [-0.3, -0.25) is 19.3 Å². The van der Waals surface area contributed by atoms with E-state index < -0.39 is 12.5 Å². The van der Waals surface area contributed by atoms with Gasteiger partial charge in [-0.15, -0.1) is 0 Å². The predicted molar refractivity (Wildman–Crippen MR) is 58.6 cm³/mol. The number of rotatable bonds is 3. The molecule has 18 heavy (non-hydrogen) atoms. The van der Waals surface area contributed by atoms with Gasteiger partial charge in [0.2, 0.25) is 11.8 Å². The summed E-state index contributed by atoms with van der Waals surface area (Å²) in [7, 11) is 0. The van der Waals surface area contributed by atoms with Crippen LogP contribution in [0.25, 0.3) is 0 Å². The second kappa shape index (κ2) is 5.00. The number of amides is 2. The molecule has 0 aromatic heterocycles. The molecule has 2 atom stereocenters. The number of fused-ring (bicyclic) bond motifs is 1. The highest BCUT2D eigenvalue weighted by Gasteiger charge is 2.47. The molecule has 1 saturated heterocycles. The Labute approximate surface area is 104 Å². The maximum absolute atomic E-state index is 12.0. The summed E-state index contributed by atoms with van der Waals surface area (Å²) in [5.74, 6) is -2.05. The van der Waals surface area contributed by atoms with Crippen LogP contribution >= 0.6 is 0 Å². The van der Waals surface area contributed by atoms with Crippen molar-refractivity contribution >= 4 is 17.8 Å². The monoisotopic (exact) mass is 248 g/mol. The summed E-state index contributed by atoms with van der Waals surface area (Å²) in [4.78, 5) is 36.2. The molecule has 1 aliphatic heterocycles. The number of hydrogen-bond acceptors (Lipinski definition) is 5. The van der Waals surface area contributed by atoms with Crippen LogP contribution in [0.3, 0.4) is 0 Å². The molecule has 1 aliphatic carbocycles. The summed E-state index contributed by atoms with van der Waals surface area (Å²) in [5, 5.41) is 8.27. The lowest BCUT2D eigenvalue weighted by atomic mass is 9.85. The molecule has 2 rings (SSSR count). The van der Waals surface area contributed by atoms with Crippen molar-refractivity contribution in [2.24, 2.45) is 11.8 Å². The van der Waals surface area contributed by atoms with E-state index in [1.807, 2.05) is 12.2 Å². The largest absolute Gasteiger partial charge is 0.449 e. The summed E-state index contributed by atoms with van der Waals surface area (Å²) in [6.07, 6.45) is 4.84. The minimum atomic E-state index is -0.732. The van der Waals surface area contributed by atoms with E-state index >= 15 is 0 Å². The summed E-state index contributed by atoms with van der Waals surface area (Å²) in [5.41, 5.74) is 0. The number of esters is 1. The van der Waals surface area contributed by atoms with Gasteiger partial charge in [0.25, 0.3) is 0 Å². The number of allylic oxidation sites excluding steroid dienone is 2. The number of carbonyl (C=O) groups excluding carboxylic acids is 3. The lowest BCUT2D eigenvalue weighted by Gasteiger charge is -2.14. The van der Waals surface area contributed by atoms with Crippen LogP contribution in [-0.2, 0) is 19.1 Å². The maximum Gasteiger partial charge on any atom is 0.327 e. The van der Waals surface area contributed by atoms with Crippen LogP contribution < -0.4 is 0 Å². The van der Waals surface area contributed by atoms with Crippen LogP contribution in [-0.4, -0.2) is 35.8 Å². The molecule has 6 heteroatoms. The van der Waals surface area contributed by atoms with Crippen molar-refractivity contribution in [3.63, 3.8) is 0 Å². The zero-order chi connectivity index (χ0) is 13.1. The van der Waals surface area contributed by atoms with E-state index in [9.17, 15) is 14.4 Å². The van der Waals surface area contributed by atoms with Gasteiger partial charge >= 0.3 is 5.97 Å². The SMILES string of the molecule is N#CCOC(=O)CN1C(=O)[C@H]2CC=CC[C@H]2C1=O. The smallest absolute Gasteiger partial charge is 0.327 e. The van der Waals surface area contributed by atoms with E-state index in [1.165, 1.54) is 0 Å². The molecule has 6 nitrogen and oxygen atoms in total. The van der Waals surface area contributed by atoms with Crippen molar-refractivity contribution in [3.8, 4) is 6.07 Å². The fourth-order valence-corrected chi connectivity index (χ4v) is 2.31. The Morgan fingerprint density at radius 3 is 2.39 bits per heavy atom. The number of nitriles is 1. The van der Waals surface area contributed by atoms with Gasteiger partial charge in [-0.05, 0) is 12.8 Å². The molecule has 0 aromatic carbocycles. The predicted octanol–water partition coefficient (Wildman–Crippen LogP) is 0.00438. The molecule has 0 spiro atoms. The van der Waals surface area contributed by atoms with E-state index in [4.69, 9.17) is 5.26 Å². The van der Waals surface area contributed by atoms with Crippen molar-refractivity contribution in [1.82, 2.24) is 4.90 Å². The number of ether oxygens (including phenoxy) is 1. The highest BCUT2D eigenvalue weighted by atomic mass is 16.5. The van der Waals surface area contributed by atoms with E-state index in [-0.39, 0.29) is 30.3 Å². The molecule has 0 unspecified atom stereocenters. The van der Waals surface area contributed by atoms with E-state index in [0.29, 0.717) is 12.8 Å². The Bertz CT molecular complexity index is 437. The maximum atomic E-state index is 12.0. The Balaban J connectivity index is 2.02. The second-order valence-corrected chi connectivity index (χ2v) is 4.24. The Morgan fingerprint density at radius 2 is 1.89 bits per heavy atom. The van der Waals surface area contributed by atoms with Crippen LogP contribution in [0.5, 0.6) is 0 Å². The quantitative estimate of drug-likeness (QED) is 0.398. The Hall–Kier alpha value is -2.16. The molecule has 2 amide bonds. The Kier molecular flexibility index (Phi) is 3.42. The fourth-order valence-electron chi connectivity index (χ4n) is 2.31. The standard InChI is InChI=1S/C12H12N2O4/c13-5-6-18-10(15)7-14-11(16)8-3-1-2-4-9(8)12(14)17/h1-2,8-9H,3-4,6-7H2/t8-,9+. The highest BCUT2D eigenvalue weighted by molar-refractivity contribution is 6.07. The van der Waals surface area contributed by atoms with Gasteiger partial charge in [0.15, 0.2) is 6.61 Å². The van der Waals surface area contributed by atoms with Gasteiger partial charge in [0.1, 0.15) is 12.6 Å². The zero-order valence-electron chi connectivity index (χ0n) is 9.67. The van der Waals surface area contributed by atoms with Gasteiger partial charge in [0.05, 0.1) is 11.8 Å². The summed E-state index contributed by atoms with van der Waals surface area (Å²) in [6, 6.07) is 1.65. The van der Waals surface area contributed by atoms with E-state index in [0.717, 1.165) is 4.90 Å². The lowest BCUT2D eigenvalue weighted by Crippen LogP contribution is -2.36. The molecule has 1 fully saturated rings. The van der Waals surface area contributed by atoms with Gasteiger partial charge in [-0.25, -0.2) is 0 Å². The number of nitrogens with zero attached hydrogens (tertiary/aromatic N) is 2. The van der Waals surface area contributed by atoms with Crippen LogP contribution in [0.1, 0.15) is 12.8 Å². The van der Waals surface area contributed by atoms with Crippen molar-refractivity contribution < 1.29 is 19.1 Å². The van der Waals surface area contributed by atoms with Crippen LogP contribution in [0.15, 0.2) is 12.2 Å². The van der Waals surface area contributed by atoms with E-state index in [1.54, 1.807) is 6.07 Å². The number of carbonyl (C=O) groups is 3. The Morgan fingerprint density at radius 1 is 1.33 bits per heavy atom. The number of hydrogen-bond donors (Lipinski definition) is 0. The second-order valence-electron chi connectivity index (χ2n) is 4.24. The third-order valence-corrected chi connectivity index (χ3v) is 3.18. The van der Waals surface area contributed by atoms with Gasteiger partial charge < -0.3 is 4.74 Å². The molecule has 0 aromatic rings. The lowest BCUT2D eigenvalue weighted by molar-refractivity contribution is -0.152. The average molecular weight is 248 g/mol. The first-order valence-electron chi connectivity index (χ1n) is 5.68. The van der Waals surface area contributed by atoms with Gasteiger partial charge in [-0.2, -0.15) is 5.26 Å². The molecule has 1 heterocycles. The van der Waals surface area contributed by atoms with Crippen LogP contribution in [0, 0.1) is 23.2 Å². The molecule has 0 N–H and O–H groups in total. The fraction of sp³-hybridized carbons (Fsp3) is 0.500. The first kappa shape index (κ1) is 12.3. The van der Waals surface area contributed by atoms with Gasteiger partial charge in [-0.1, -0.05) is 12.2 Å². The van der Waals surface area contributed by atoms with E-state index in [2.05, 4.69) is 4.74 Å². The minimum absolute atomic E-state index is 0.316. The highest BCUT2D eigenvalue weighted by Crippen LogP contribution is 2.34. The molecular weight excluding hydrogens is 236 g/mol. The molecule has 94 valence electrons. The normalized spacial score (nSPS) is 25.8. The van der Waals surface area contributed by atoms with Crippen molar-refractivity contribution in [2.45, 2.75) is 12.8 Å². The zero-order valence-corrected chi connectivity index (χ0v) is 9.67. The van der Waals surface area contributed by atoms with Crippen LogP contribution in [0.4, 0.5) is 0 Å². The van der Waals surface area contributed by atoms with Crippen LogP contribution in [0.2, 0.25) is 0 Å². The van der Waals surface area contributed by atoms with Crippen molar-refractivity contribution in [3.05, 3.63) is 12.2 Å². The molecule has 0 radical (unpaired) electrons. The average Bonchev–Trinajstić information content (AvgIpc) is 2.62. The third-order valence-electron chi connectivity index (χ3n) is 3.18. The first-order chi connectivity index (χ1) is 8.65.